The first-order chi connectivity index (χ1) is 12.8. The van der Waals surface area contributed by atoms with Gasteiger partial charge in [0.2, 0.25) is 15.9 Å². The minimum atomic E-state index is -3.74. The van der Waals surface area contributed by atoms with E-state index in [0.29, 0.717) is 25.1 Å². The Hall–Kier alpha value is -2.19. The Morgan fingerprint density at radius 2 is 2.07 bits per heavy atom. The number of sulfonamides is 1. The highest BCUT2D eigenvalue weighted by Crippen LogP contribution is 2.50. The molecule has 1 spiro atoms. The first-order valence-electron chi connectivity index (χ1n) is 9.25. The van der Waals surface area contributed by atoms with Gasteiger partial charge in [-0.2, -0.15) is 9.40 Å². The number of hydrogen-bond donors (Lipinski definition) is 1. The van der Waals surface area contributed by atoms with Crippen molar-refractivity contribution < 1.29 is 13.2 Å². The Morgan fingerprint density at radius 1 is 1.33 bits per heavy atom. The van der Waals surface area contributed by atoms with Crippen LogP contribution in [0.25, 0.3) is 0 Å². The van der Waals surface area contributed by atoms with Gasteiger partial charge in [-0.15, -0.1) is 0 Å². The van der Waals surface area contributed by atoms with Gasteiger partial charge in [0.05, 0.1) is 11.1 Å². The number of rotatable bonds is 4. The van der Waals surface area contributed by atoms with Crippen molar-refractivity contribution in [1.82, 2.24) is 14.1 Å². The molecule has 1 aromatic carbocycles. The summed E-state index contributed by atoms with van der Waals surface area (Å²) < 4.78 is 30.0. The van der Waals surface area contributed by atoms with Gasteiger partial charge in [0.25, 0.3) is 0 Å². The van der Waals surface area contributed by atoms with Crippen LogP contribution in [0.5, 0.6) is 0 Å². The number of hydrogen-bond acceptors (Lipinski definition) is 4. The van der Waals surface area contributed by atoms with Gasteiger partial charge in [0, 0.05) is 31.5 Å². The fourth-order valence-corrected chi connectivity index (χ4v) is 6.58. The van der Waals surface area contributed by atoms with E-state index in [9.17, 15) is 13.2 Å². The molecule has 2 atom stereocenters. The highest BCUT2D eigenvalue weighted by Gasteiger charge is 2.59. The van der Waals surface area contributed by atoms with Crippen molar-refractivity contribution in [3.05, 3.63) is 41.7 Å². The third-order valence-electron chi connectivity index (χ3n) is 5.82. The van der Waals surface area contributed by atoms with Gasteiger partial charge >= 0.3 is 0 Å². The lowest BCUT2D eigenvalue weighted by atomic mass is 9.74. The van der Waals surface area contributed by atoms with E-state index < -0.39 is 21.5 Å². The summed E-state index contributed by atoms with van der Waals surface area (Å²) in [5.74, 6) is -0.0947. The quantitative estimate of drug-likeness (QED) is 0.870. The van der Waals surface area contributed by atoms with Crippen LogP contribution in [0.1, 0.15) is 37.4 Å². The second-order valence-electron chi connectivity index (χ2n) is 7.39. The molecule has 0 aliphatic carbocycles. The van der Waals surface area contributed by atoms with E-state index in [0.717, 1.165) is 17.7 Å². The molecule has 2 aliphatic heterocycles. The van der Waals surface area contributed by atoms with Gasteiger partial charge < -0.3 is 5.32 Å². The minimum Gasteiger partial charge on any atom is -0.325 e. The van der Waals surface area contributed by atoms with Crippen LogP contribution in [-0.4, -0.2) is 41.0 Å². The lowest BCUT2D eigenvalue weighted by molar-refractivity contribution is -0.121. The summed E-state index contributed by atoms with van der Waals surface area (Å²) in [6.07, 6.45) is 3.45. The molecule has 1 amide bonds. The number of fused-ring (bicyclic) bond motifs is 2. The van der Waals surface area contributed by atoms with E-state index in [1.807, 2.05) is 31.2 Å². The number of carbonyl (C=O) groups is 1. The fourth-order valence-electron chi connectivity index (χ4n) is 4.68. The topological polar surface area (TPSA) is 84.3 Å². The molecule has 27 heavy (non-hydrogen) atoms. The maximum atomic E-state index is 13.5. The fraction of sp³-hybridized carbons (Fsp3) is 0.474. The molecule has 1 aromatic heterocycles. The molecule has 1 fully saturated rings. The molecule has 0 radical (unpaired) electrons. The first-order valence-corrected chi connectivity index (χ1v) is 10.7. The van der Waals surface area contributed by atoms with Crippen LogP contribution in [0.15, 0.2) is 35.4 Å². The van der Waals surface area contributed by atoms with Gasteiger partial charge in [-0.05, 0) is 31.4 Å². The third-order valence-corrected chi connectivity index (χ3v) is 7.83. The molecular weight excluding hydrogens is 364 g/mol. The van der Waals surface area contributed by atoms with Gasteiger partial charge in [-0.25, -0.2) is 8.42 Å². The minimum absolute atomic E-state index is 0.0947. The van der Waals surface area contributed by atoms with Crippen LogP contribution >= 0.6 is 0 Å². The third kappa shape index (κ3) is 2.46. The Balaban J connectivity index is 1.84. The first kappa shape index (κ1) is 18.2. The van der Waals surface area contributed by atoms with E-state index in [2.05, 4.69) is 10.4 Å². The molecular formula is C19H24N4O3S. The van der Waals surface area contributed by atoms with Crippen LogP contribution < -0.4 is 5.32 Å². The largest absolute Gasteiger partial charge is 0.325 e. The Morgan fingerprint density at radius 3 is 2.74 bits per heavy atom. The van der Waals surface area contributed by atoms with Crippen molar-refractivity contribution in [2.45, 2.75) is 49.5 Å². The number of para-hydroxylation sites is 1. The van der Waals surface area contributed by atoms with Crippen molar-refractivity contribution in [3.63, 3.8) is 0 Å². The van der Waals surface area contributed by atoms with Crippen molar-refractivity contribution >= 4 is 21.6 Å². The predicted octanol–water partition coefficient (Wildman–Crippen LogP) is 2.18. The second kappa shape index (κ2) is 6.17. The zero-order valence-corrected chi connectivity index (χ0v) is 16.6. The number of amides is 1. The van der Waals surface area contributed by atoms with Crippen LogP contribution in [-0.2, 0) is 27.3 Å². The molecule has 8 heteroatoms. The van der Waals surface area contributed by atoms with Crippen LogP contribution in [0.4, 0.5) is 5.69 Å². The molecule has 2 aliphatic rings. The van der Waals surface area contributed by atoms with Gasteiger partial charge in [-0.3, -0.25) is 9.48 Å². The summed E-state index contributed by atoms with van der Waals surface area (Å²) in [7, 11) is -2.03. The number of aryl methyl sites for hydroxylation is 2. The van der Waals surface area contributed by atoms with Gasteiger partial charge in [0.15, 0.2) is 0 Å². The smallest absolute Gasteiger partial charge is 0.246 e. The molecule has 1 N–H and O–H groups in total. The molecule has 7 nitrogen and oxygen atoms in total. The number of nitrogens with zero attached hydrogens (tertiary/aromatic N) is 3. The molecule has 2 aromatic rings. The summed E-state index contributed by atoms with van der Waals surface area (Å²) in [6, 6.07) is 7.21. The van der Waals surface area contributed by atoms with Crippen LogP contribution in [0.3, 0.4) is 0 Å². The lowest BCUT2D eigenvalue weighted by Crippen LogP contribution is -2.48. The predicted molar refractivity (Wildman–Crippen MR) is 102 cm³/mol. The van der Waals surface area contributed by atoms with Crippen LogP contribution in [0, 0.1) is 6.92 Å². The molecule has 0 saturated carbocycles. The summed E-state index contributed by atoms with van der Waals surface area (Å²) in [5.41, 5.74) is 1.36. The molecule has 3 heterocycles. The van der Waals surface area contributed by atoms with Crippen molar-refractivity contribution in [2.24, 2.45) is 7.05 Å². The maximum absolute atomic E-state index is 13.5. The van der Waals surface area contributed by atoms with Crippen molar-refractivity contribution in [3.8, 4) is 0 Å². The monoisotopic (exact) mass is 388 g/mol. The normalized spacial score (nSPS) is 25.1. The standard InChI is InChI=1S/C19H24N4O3S/c1-4-7-17-19(14-8-5-6-9-15(14)20-18(19)24)10-11-23(17)27(25,26)16-12-22(3)21-13(16)2/h5-6,8-9,12,17H,4,7,10-11H2,1-3H3,(H,20,24)/t17-,19-/m0/s1. The van der Waals surface area contributed by atoms with Crippen LogP contribution in [0.2, 0.25) is 0 Å². The Kier molecular flexibility index (Phi) is 4.16. The summed E-state index contributed by atoms with van der Waals surface area (Å²) >= 11 is 0. The second-order valence-corrected chi connectivity index (χ2v) is 9.25. The Bertz CT molecular complexity index is 1010. The van der Waals surface area contributed by atoms with E-state index in [1.54, 1.807) is 20.2 Å². The average Bonchev–Trinajstić information content (AvgIpc) is 3.25. The summed E-state index contributed by atoms with van der Waals surface area (Å²) in [4.78, 5) is 13.3. The lowest BCUT2D eigenvalue weighted by Gasteiger charge is -2.33. The van der Waals surface area contributed by atoms with E-state index in [-0.39, 0.29) is 10.8 Å². The molecule has 0 unspecified atom stereocenters. The number of carbonyl (C=O) groups excluding carboxylic acids is 1. The van der Waals surface area contributed by atoms with Gasteiger partial charge in [-0.1, -0.05) is 31.5 Å². The molecule has 1 saturated heterocycles. The number of nitrogens with one attached hydrogen (secondary N) is 1. The van der Waals surface area contributed by atoms with E-state index in [1.165, 1.54) is 8.99 Å². The average molecular weight is 388 g/mol. The van der Waals surface area contributed by atoms with E-state index >= 15 is 0 Å². The maximum Gasteiger partial charge on any atom is 0.246 e. The van der Waals surface area contributed by atoms with E-state index in [4.69, 9.17) is 0 Å². The highest BCUT2D eigenvalue weighted by molar-refractivity contribution is 7.89. The SMILES string of the molecule is CCC[C@@H]1N(S(=O)(=O)c2cn(C)nc2C)CC[C@@]12C(=O)Nc1ccccc12. The number of aromatic nitrogens is 2. The Labute approximate surface area is 159 Å². The van der Waals surface area contributed by atoms with Crippen molar-refractivity contribution in [1.29, 1.82) is 0 Å². The number of benzene rings is 1. The molecule has 0 bridgehead atoms. The molecule has 4 rings (SSSR count). The number of anilines is 1. The zero-order valence-electron chi connectivity index (χ0n) is 15.8. The summed E-state index contributed by atoms with van der Waals surface area (Å²) in [6.45, 7) is 4.04. The summed E-state index contributed by atoms with van der Waals surface area (Å²) in [5, 5.41) is 7.16. The van der Waals surface area contributed by atoms with Gasteiger partial charge in [0.1, 0.15) is 4.90 Å². The molecule has 144 valence electrons. The highest BCUT2D eigenvalue weighted by atomic mass is 32.2. The van der Waals surface area contributed by atoms with Crippen molar-refractivity contribution in [2.75, 3.05) is 11.9 Å². The zero-order chi connectivity index (χ0) is 19.4.